The van der Waals surface area contributed by atoms with Crippen molar-refractivity contribution in [1.82, 2.24) is 15.1 Å². The molecule has 21 heavy (non-hydrogen) atoms. The average Bonchev–Trinajstić information content (AvgIpc) is 2.97. The van der Waals surface area contributed by atoms with Crippen molar-refractivity contribution in [2.45, 2.75) is 20.4 Å². The summed E-state index contributed by atoms with van der Waals surface area (Å²) in [6.07, 6.45) is 0. The van der Waals surface area contributed by atoms with Gasteiger partial charge >= 0.3 is 0 Å². The Kier molecular flexibility index (Phi) is 8.02. The Morgan fingerprint density at radius 2 is 2.00 bits per heavy atom. The van der Waals surface area contributed by atoms with Gasteiger partial charge in [0.05, 0.1) is 6.54 Å². The minimum Gasteiger partial charge on any atom is -0.357 e. The predicted octanol–water partition coefficient (Wildman–Crippen LogP) is 2.00. The number of guanidine groups is 1. The van der Waals surface area contributed by atoms with E-state index >= 15 is 0 Å². The van der Waals surface area contributed by atoms with Gasteiger partial charge in [-0.05, 0) is 18.4 Å². The van der Waals surface area contributed by atoms with E-state index in [1.54, 1.807) is 18.3 Å². The van der Waals surface area contributed by atoms with Gasteiger partial charge in [0, 0.05) is 44.5 Å². The molecule has 1 aliphatic rings. The molecule has 1 aromatic rings. The van der Waals surface area contributed by atoms with Crippen LogP contribution in [-0.4, -0.2) is 54.4 Å². The van der Waals surface area contributed by atoms with Crippen molar-refractivity contribution >= 4 is 47.2 Å². The maximum atomic E-state index is 11.3. The van der Waals surface area contributed by atoms with E-state index in [0.29, 0.717) is 6.54 Å². The quantitative estimate of drug-likeness (QED) is 0.461. The van der Waals surface area contributed by atoms with Gasteiger partial charge < -0.3 is 15.1 Å². The van der Waals surface area contributed by atoms with E-state index in [2.05, 4.69) is 33.6 Å². The first kappa shape index (κ1) is 18.2. The van der Waals surface area contributed by atoms with Crippen molar-refractivity contribution < 1.29 is 4.79 Å². The van der Waals surface area contributed by atoms with E-state index in [1.165, 1.54) is 4.88 Å². The Hall–Kier alpha value is -0.830. The molecule has 0 unspecified atom stereocenters. The maximum absolute atomic E-state index is 11.3. The molecule has 1 aliphatic heterocycles. The van der Waals surface area contributed by atoms with Gasteiger partial charge in [-0.15, -0.1) is 35.3 Å². The zero-order valence-corrected chi connectivity index (χ0v) is 15.7. The SMILES string of the molecule is CCNC(=NCc1cccs1)N1CCN(C(C)=O)CC1.I. The predicted molar refractivity (Wildman–Crippen MR) is 98.4 cm³/mol. The second-order valence-electron chi connectivity index (χ2n) is 4.74. The van der Waals surface area contributed by atoms with Crippen molar-refractivity contribution in [3.8, 4) is 0 Å². The molecule has 0 spiro atoms. The lowest BCUT2D eigenvalue weighted by Crippen LogP contribution is -2.53. The molecule has 7 heteroatoms. The van der Waals surface area contributed by atoms with Crippen LogP contribution in [0, 0.1) is 0 Å². The van der Waals surface area contributed by atoms with Gasteiger partial charge in [0.15, 0.2) is 5.96 Å². The molecule has 0 radical (unpaired) electrons. The molecular formula is C14H23IN4OS. The van der Waals surface area contributed by atoms with Crippen molar-refractivity contribution in [2.24, 2.45) is 4.99 Å². The van der Waals surface area contributed by atoms with Crippen LogP contribution in [0.3, 0.4) is 0 Å². The fraction of sp³-hybridized carbons (Fsp3) is 0.571. The number of halogens is 1. The molecule has 0 atom stereocenters. The van der Waals surface area contributed by atoms with Gasteiger partial charge in [-0.2, -0.15) is 0 Å². The molecule has 1 aromatic heterocycles. The molecule has 1 amide bonds. The summed E-state index contributed by atoms with van der Waals surface area (Å²) in [4.78, 5) is 21.4. The molecule has 1 saturated heterocycles. The van der Waals surface area contributed by atoms with Crippen LogP contribution in [0.25, 0.3) is 0 Å². The van der Waals surface area contributed by atoms with E-state index in [9.17, 15) is 4.79 Å². The number of nitrogens with one attached hydrogen (secondary N) is 1. The highest BCUT2D eigenvalue weighted by Gasteiger charge is 2.20. The van der Waals surface area contributed by atoms with Gasteiger partial charge in [-0.25, -0.2) is 4.99 Å². The first-order valence-electron chi connectivity index (χ1n) is 7.02. The van der Waals surface area contributed by atoms with Crippen molar-refractivity contribution in [2.75, 3.05) is 32.7 Å². The summed E-state index contributed by atoms with van der Waals surface area (Å²) in [6.45, 7) is 8.52. The fourth-order valence-corrected chi connectivity index (χ4v) is 2.84. The van der Waals surface area contributed by atoms with Gasteiger partial charge in [-0.3, -0.25) is 4.79 Å². The molecule has 118 valence electrons. The normalized spacial score (nSPS) is 15.6. The van der Waals surface area contributed by atoms with Crippen molar-refractivity contribution in [3.63, 3.8) is 0 Å². The summed E-state index contributed by atoms with van der Waals surface area (Å²) in [7, 11) is 0. The molecule has 2 rings (SSSR count). The molecule has 2 heterocycles. The van der Waals surface area contributed by atoms with Gasteiger partial charge in [0.1, 0.15) is 0 Å². The van der Waals surface area contributed by atoms with Crippen LogP contribution in [0.15, 0.2) is 22.5 Å². The smallest absolute Gasteiger partial charge is 0.219 e. The van der Waals surface area contributed by atoms with Crippen LogP contribution in [0.5, 0.6) is 0 Å². The second-order valence-corrected chi connectivity index (χ2v) is 5.77. The lowest BCUT2D eigenvalue weighted by molar-refractivity contribution is -0.130. The summed E-state index contributed by atoms with van der Waals surface area (Å²) >= 11 is 1.73. The summed E-state index contributed by atoms with van der Waals surface area (Å²) < 4.78 is 0. The summed E-state index contributed by atoms with van der Waals surface area (Å²) in [5.41, 5.74) is 0. The van der Waals surface area contributed by atoms with E-state index in [-0.39, 0.29) is 29.9 Å². The standard InChI is InChI=1S/C14H22N4OS.HI/c1-3-15-14(16-11-13-5-4-10-20-13)18-8-6-17(7-9-18)12(2)19;/h4-5,10H,3,6-9,11H2,1-2H3,(H,15,16);1H. The van der Waals surface area contributed by atoms with E-state index in [0.717, 1.165) is 38.7 Å². The molecule has 0 saturated carbocycles. The Morgan fingerprint density at radius 1 is 1.33 bits per heavy atom. The number of nitrogens with zero attached hydrogens (tertiary/aromatic N) is 3. The third-order valence-electron chi connectivity index (χ3n) is 3.32. The van der Waals surface area contributed by atoms with Crippen molar-refractivity contribution in [3.05, 3.63) is 22.4 Å². The topological polar surface area (TPSA) is 47.9 Å². The van der Waals surface area contributed by atoms with Crippen LogP contribution >= 0.6 is 35.3 Å². The summed E-state index contributed by atoms with van der Waals surface area (Å²) in [6, 6.07) is 4.15. The number of aliphatic imine (C=N–C) groups is 1. The first-order chi connectivity index (χ1) is 9.70. The minimum absolute atomic E-state index is 0. The Balaban J connectivity index is 0.00000220. The lowest BCUT2D eigenvalue weighted by atomic mass is 10.3. The van der Waals surface area contributed by atoms with Crippen LogP contribution < -0.4 is 5.32 Å². The lowest BCUT2D eigenvalue weighted by Gasteiger charge is -2.36. The molecule has 0 aliphatic carbocycles. The first-order valence-corrected chi connectivity index (χ1v) is 7.90. The molecule has 1 N–H and O–H groups in total. The largest absolute Gasteiger partial charge is 0.357 e. The van der Waals surface area contributed by atoms with Gasteiger partial charge in [0.2, 0.25) is 5.91 Å². The Morgan fingerprint density at radius 3 is 2.52 bits per heavy atom. The second kappa shape index (κ2) is 9.24. The zero-order chi connectivity index (χ0) is 14.4. The Bertz CT molecular complexity index is 456. The number of amides is 1. The molecule has 0 aromatic carbocycles. The average molecular weight is 422 g/mol. The molecular weight excluding hydrogens is 399 g/mol. The van der Waals surface area contributed by atoms with E-state index < -0.39 is 0 Å². The number of hydrogen-bond donors (Lipinski definition) is 1. The molecule has 0 bridgehead atoms. The highest BCUT2D eigenvalue weighted by Crippen LogP contribution is 2.10. The van der Waals surface area contributed by atoms with Crippen LogP contribution in [0.1, 0.15) is 18.7 Å². The number of piperazine rings is 1. The van der Waals surface area contributed by atoms with Crippen LogP contribution in [0.4, 0.5) is 0 Å². The number of carbonyl (C=O) groups is 1. The number of hydrogen-bond acceptors (Lipinski definition) is 3. The molecule has 5 nitrogen and oxygen atoms in total. The number of thiophene rings is 1. The highest BCUT2D eigenvalue weighted by molar-refractivity contribution is 14.0. The van der Waals surface area contributed by atoms with E-state index in [4.69, 9.17) is 0 Å². The molecule has 1 fully saturated rings. The van der Waals surface area contributed by atoms with Crippen LogP contribution in [0.2, 0.25) is 0 Å². The number of rotatable bonds is 3. The third-order valence-corrected chi connectivity index (χ3v) is 4.19. The minimum atomic E-state index is 0. The summed E-state index contributed by atoms with van der Waals surface area (Å²) in [5, 5.41) is 5.41. The number of carbonyl (C=O) groups excluding carboxylic acids is 1. The Labute approximate surface area is 147 Å². The van der Waals surface area contributed by atoms with Gasteiger partial charge in [-0.1, -0.05) is 6.07 Å². The highest BCUT2D eigenvalue weighted by atomic mass is 127. The van der Waals surface area contributed by atoms with E-state index in [1.807, 2.05) is 11.0 Å². The fourth-order valence-electron chi connectivity index (χ4n) is 2.21. The van der Waals surface area contributed by atoms with Gasteiger partial charge in [0.25, 0.3) is 0 Å². The monoisotopic (exact) mass is 422 g/mol. The third kappa shape index (κ3) is 5.46. The van der Waals surface area contributed by atoms with Crippen molar-refractivity contribution in [1.29, 1.82) is 0 Å². The maximum Gasteiger partial charge on any atom is 0.219 e. The zero-order valence-electron chi connectivity index (χ0n) is 12.5. The summed E-state index contributed by atoms with van der Waals surface area (Å²) in [5.74, 6) is 1.11. The van der Waals surface area contributed by atoms with Crippen LogP contribution in [-0.2, 0) is 11.3 Å².